The molecule has 0 aliphatic carbocycles. The molecule has 0 fully saturated rings. The van der Waals surface area contributed by atoms with Crippen LogP contribution in [0.1, 0.15) is 54.8 Å². The van der Waals surface area contributed by atoms with Gasteiger partial charge in [0.1, 0.15) is 17.1 Å². The van der Waals surface area contributed by atoms with E-state index in [4.69, 9.17) is 20.3 Å². The summed E-state index contributed by atoms with van der Waals surface area (Å²) in [6.07, 6.45) is 3.19. The van der Waals surface area contributed by atoms with Gasteiger partial charge in [0.05, 0.1) is 5.56 Å². The van der Waals surface area contributed by atoms with E-state index in [0.29, 0.717) is 46.7 Å². The molecule has 3 aromatic rings. The van der Waals surface area contributed by atoms with Crippen LogP contribution in [0.15, 0.2) is 46.9 Å². The number of aryl methyl sites for hydroxylation is 1. The van der Waals surface area contributed by atoms with E-state index in [9.17, 15) is 4.79 Å². The van der Waals surface area contributed by atoms with Crippen molar-refractivity contribution in [2.45, 2.75) is 39.5 Å². The molecule has 27 heavy (non-hydrogen) atoms. The third-order valence-corrected chi connectivity index (χ3v) is 4.45. The molecule has 0 aliphatic heterocycles. The van der Waals surface area contributed by atoms with E-state index in [-0.39, 0.29) is 11.7 Å². The lowest BCUT2D eigenvalue weighted by Gasteiger charge is -2.07. The summed E-state index contributed by atoms with van der Waals surface area (Å²) in [5.74, 6) is 1.34. The molecule has 0 bridgehead atoms. The fraction of sp³-hybridized carbons (Fsp3) is 0.273. The van der Waals surface area contributed by atoms with Crippen LogP contribution in [0.2, 0.25) is 0 Å². The first kappa shape index (κ1) is 18.7. The first-order chi connectivity index (χ1) is 13.0. The standard InChI is InChI=1S/C22H24N2O3/c1-3-5-6-19-21(17-13-15(23)9-12-18(17)27-19)22(25)14-7-10-16(11-8-14)26-20(24)4-2/h7-13,24H,3-6,23H2,1-2H3. The van der Waals surface area contributed by atoms with E-state index in [0.717, 1.165) is 18.2 Å². The Morgan fingerprint density at radius 2 is 1.89 bits per heavy atom. The summed E-state index contributed by atoms with van der Waals surface area (Å²) in [5, 5.41) is 8.37. The zero-order valence-electron chi connectivity index (χ0n) is 15.7. The second kappa shape index (κ2) is 8.08. The number of carbonyl (C=O) groups is 1. The quantitative estimate of drug-likeness (QED) is 0.256. The molecule has 0 aliphatic rings. The molecule has 3 rings (SSSR count). The number of nitrogen functional groups attached to an aromatic ring is 1. The third kappa shape index (κ3) is 4.03. The predicted octanol–water partition coefficient (Wildman–Crippen LogP) is 5.35. The molecular formula is C22H24N2O3. The lowest BCUT2D eigenvalue weighted by molar-refractivity contribution is 0.103. The van der Waals surface area contributed by atoms with Crippen LogP contribution in [0.4, 0.5) is 5.69 Å². The van der Waals surface area contributed by atoms with Crippen molar-refractivity contribution >= 4 is 28.3 Å². The first-order valence-corrected chi connectivity index (χ1v) is 9.24. The third-order valence-electron chi connectivity index (χ3n) is 4.45. The summed E-state index contributed by atoms with van der Waals surface area (Å²) in [7, 11) is 0. The highest BCUT2D eigenvalue weighted by atomic mass is 16.5. The number of anilines is 1. The van der Waals surface area contributed by atoms with E-state index in [1.54, 1.807) is 36.4 Å². The van der Waals surface area contributed by atoms with E-state index in [1.807, 2.05) is 13.0 Å². The van der Waals surface area contributed by atoms with Crippen molar-refractivity contribution < 1.29 is 13.9 Å². The maximum atomic E-state index is 13.2. The summed E-state index contributed by atoms with van der Waals surface area (Å²) < 4.78 is 11.3. The number of unbranched alkanes of at least 4 members (excludes halogenated alkanes) is 1. The monoisotopic (exact) mass is 364 g/mol. The minimum absolute atomic E-state index is 0.0948. The lowest BCUT2D eigenvalue weighted by atomic mass is 9.98. The van der Waals surface area contributed by atoms with E-state index in [2.05, 4.69) is 6.92 Å². The lowest BCUT2D eigenvalue weighted by Crippen LogP contribution is -2.06. The summed E-state index contributed by atoms with van der Waals surface area (Å²) in [6.45, 7) is 3.96. The molecule has 1 aromatic heterocycles. The van der Waals surface area contributed by atoms with Gasteiger partial charge in [-0.3, -0.25) is 10.2 Å². The van der Waals surface area contributed by atoms with Gasteiger partial charge in [-0.2, -0.15) is 0 Å². The number of ketones is 1. The van der Waals surface area contributed by atoms with Crippen LogP contribution in [-0.4, -0.2) is 11.7 Å². The number of fused-ring (bicyclic) bond motifs is 1. The van der Waals surface area contributed by atoms with E-state index >= 15 is 0 Å². The molecule has 1 heterocycles. The Morgan fingerprint density at radius 1 is 1.15 bits per heavy atom. The Hall–Kier alpha value is -3.08. The summed E-state index contributed by atoms with van der Waals surface area (Å²) in [6, 6.07) is 12.2. The molecule has 0 unspecified atom stereocenters. The molecule has 5 nitrogen and oxygen atoms in total. The van der Waals surface area contributed by atoms with Gasteiger partial charge in [0.2, 0.25) is 0 Å². The van der Waals surface area contributed by atoms with E-state index < -0.39 is 0 Å². The largest absolute Gasteiger partial charge is 0.460 e. The van der Waals surface area contributed by atoms with Gasteiger partial charge in [-0.05, 0) is 48.9 Å². The fourth-order valence-electron chi connectivity index (χ4n) is 2.96. The first-order valence-electron chi connectivity index (χ1n) is 9.24. The number of carbonyl (C=O) groups excluding carboxylic acids is 1. The van der Waals surface area contributed by atoms with Crippen LogP contribution >= 0.6 is 0 Å². The van der Waals surface area contributed by atoms with Gasteiger partial charge in [0, 0.05) is 29.5 Å². The number of benzene rings is 2. The molecule has 0 saturated heterocycles. The number of furan rings is 1. The zero-order valence-corrected chi connectivity index (χ0v) is 15.7. The average molecular weight is 364 g/mol. The van der Waals surface area contributed by atoms with Gasteiger partial charge >= 0.3 is 0 Å². The molecular weight excluding hydrogens is 340 g/mol. The number of hydrogen-bond acceptors (Lipinski definition) is 5. The minimum Gasteiger partial charge on any atom is -0.460 e. The predicted molar refractivity (Wildman–Crippen MR) is 108 cm³/mol. The number of ether oxygens (including phenoxy) is 1. The smallest absolute Gasteiger partial charge is 0.197 e. The number of nitrogens with one attached hydrogen (secondary N) is 1. The molecule has 0 spiro atoms. The number of hydrogen-bond donors (Lipinski definition) is 2. The highest BCUT2D eigenvalue weighted by Crippen LogP contribution is 2.31. The summed E-state index contributed by atoms with van der Waals surface area (Å²) in [4.78, 5) is 13.2. The van der Waals surface area contributed by atoms with Crippen LogP contribution in [0.5, 0.6) is 5.75 Å². The highest BCUT2D eigenvalue weighted by molar-refractivity contribution is 6.17. The number of nitrogens with two attached hydrogens (primary N) is 1. The van der Waals surface area contributed by atoms with Crippen molar-refractivity contribution in [1.29, 1.82) is 5.41 Å². The van der Waals surface area contributed by atoms with Crippen molar-refractivity contribution in [1.82, 2.24) is 0 Å². The Kier molecular flexibility index (Phi) is 5.60. The SMILES string of the molecule is CCCCc1oc2ccc(N)cc2c1C(=O)c1ccc(OC(=N)CC)cc1. The van der Waals surface area contributed by atoms with Crippen LogP contribution in [0, 0.1) is 5.41 Å². The summed E-state index contributed by atoms with van der Waals surface area (Å²) in [5.41, 5.74) is 8.34. The average Bonchev–Trinajstić information content (AvgIpc) is 3.03. The van der Waals surface area contributed by atoms with Crippen LogP contribution in [-0.2, 0) is 6.42 Å². The Labute approximate surface area is 158 Å². The Morgan fingerprint density at radius 3 is 2.56 bits per heavy atom. The Bertz CT molecular complexity index is 971. The van der Waals surface area contributed by atoms with E-state index in [1.165, 1.54) is 0 Å². The van der Waals surface area contributed by atoms with Gasteiger partial charge < -0.3 is 14.9 Å². The molecule has 0 saturated carbocycles. The van der Waals surface area contributed by atoms with Gasteiger partial charge in [-0.1, -0.05) is 20.3 Å². The van der Waals surface area contributed by atoms with Crippen LogP contribution in [0.3, 0.4) is 0 Å². The second-order valence-corrected chi connectivity index (χ2v) is 6.49. The van der Waals surface area contributed by atoms with Gasteiger partial charge in [-0.25, -0.2) is 0 Å². The molecule has 0 atom stereocenters. The highest BCUT2D eigenvalue weighted by Gasteiger charge is 2.22. The molecule has 140 valence electrons. The van der Waals surface area contributed by atoms with Gasteiger partial charge in [0.25, 0.3) is 0 Å². The maximum absolute atomic E-state index is 13.2. The second-order valence-electron chi connectivity index (χ2n) is 6.49. The molecule has 0 radical (unpaired) electrons. The van der Waals surface area contributed by atoms with Crippen LogP contribution in [0.25, 0.3) is 11.0 Å². The summed E-state index contributed by atoms with van der Waals surface area (Å²) >= 11 is 0. The van der Waals surface area contributed by atoms with Crippen molar-refractivity contribution in [3.8, 4) is 5.75 Å². The number of rotatable bonds is 7. The van der Waals surface area contributed by atoms with Crippen molar-refractivity contribution in [3.63, 3.8) is 0 Å². The molecule has 5 heteroatoms. The molecule has 2 aromatic carbocycles. The molecule has 3 N–H and O–H groups in total. The Balaban J connectivity index is 1.98. The van der Waals surface area contributed by atoms with Crippen LogP contribution < -0.4 is 10.5 Å². The topological polar surface area (TPSA) is 89.3 Å². The van der Waals surface area contributed by atoms with Gasteiger partial charge in [-0.15, -0.1) is 0 Å². The van der Waals surface area contributed by atoms with Crippen molar-refractivity contribution in [2.75, 3.05) is 5.73 Å². The normalized spacial score (nSPS) is 10.9. The maximum Gasteiger partial charge on any atom is 0.197 e. The fourth-order valence-corrected chi connectivity index (χ4v) is 2.96. The van der Waals surface area contributed by atoms with Crippen molar-refractivity contribution in [3.05, 3.63) is 59.4 Å². The van der Waals surface area contributed by atoms with Gasteiger partial charge in [0.15, 0.2) is 11.7 Å². The zero-order chi connectivity index (χ0) is 19.4. The van der Waals surface area contributed by atoms with Crippen molar-refractivity contribution in [2.24, 2.45) is 0 Å². The molecule has 0 amide bonds. The minimum atomic E-state index is -0.0948.